The Balaban J connectivity index is 1.55. The maximum atomic E-state index is 12.8. The van der Waals surface area contributed by atoms with E-state index in [-0.39, 0.29) is 34.5 Å². The number of carbonyl (C=O) groups is 1. The lowest BCUT2D eigenvalue weighted by molar-refractivity contribution is -0.113. The Hall–Kier alpha value is -2.46. The zero-order chi connectivity index (χ0) is 23.8. The highest BCUT2D eigenvalue weighted by Gasteiger charge is 2.29. The van der Waals surface area contributed by atoms with Gasteiger partial charge in [-0.15, -0.1) is 0 Å². The minimum Gasteiger partial charge on any atom is -0.505 e. The van der Waals surface area contributed by atoms with Crippen molar-refractivity contribution in [3.63, 3.8) is 0 Å². The molecule has 10 heteroatoms. The molecule has 0 atom stereocenters. The Labute approximate surface area is 199 Å². The molecule has 1 aliphatic rings. The Kier molecular flexibility index (Phi) is 8.85. The molecule has 3 rings (SSSR count). The van der Waals surface area contributed by atoms with Gasteiger partial charge in [0.15, 0.2) is 32.9 Å². The molecule has 2 heterocycles. The number of sulfone groups is 1. The Bertz CT molecular complexity index is 1100. The summed E-state index contributed by atoms with van der Waals surface area (Å²) in [5, 5.41) is 16.9. The third-order valence-corrected chi connectivity index (χ3v) is 8.00. The van der Waals surface area contributed by atoms with Gasteiger partial charge in [0.1, 0.15) is 5.75 Å². The Morgan fingerprint density at radius 3 is 2.61 bits per heavy atom. The number of unbranched alkanes of at least 4 members (excludes halogenated alkanes) is 6. The van der Waals surface area contributed by atoms with Crippen LogP contribution in [0, 0.1) is 0 Å². The summed E-state index contributed by atoms with van der Waals surface area (Å²) in [5.74, 6) is -0.594. The molecule has 0 saturated carbocycles. The topological polar surface area (TPSA) is 113 Å². The van der Waals surface area contributed by atoms with Crippen molar-refractivity contribution in [2.75, 3.05) is 18.1 Å². The molecule has 0 fully saturated rings. The predicted octanol–water partition coefficient (Wildman–Crippen LogP) is 5.16. The first-order valence-corrected chi connectivity index (χ1v) is 13.8. The second-order valence-corrected chi connectivity index (χ2v) is 11.5. The first kappa shape index (κ1) is 25.2. The molecule has 8 nitrogen and oxygen atoms in total. The lowest BCUT2D eigenvalue weighted by Crippen LogP contribution is -2.27. The second kappa shape index (κ2) is 11.6. The van der Waals surface area contributed by atoms with E-state index in [9.17, 15) is 18.3 Å². The zero-order valence-corrected chi connectivity index (χ0v) is 20.7. The van der Waals surface area contributed by atoms with Gasteiger partial charge >= 0.3 is 0 Å². The van der Waals surface area contributed by atoms with Gasteiger partial charge in [-0.05, 0) is 30.5 Å². The quantitative estimate of drug-likeness (QED) is 0.308. The summed E-state index contributed by atoms with van der Waals surface area (Å²) in [7, 11) is -1.65. The standard InChI is InChI=1S/C23H31N3O5S2/c1-3-4-5-6-7-8-11-14-33(29,30)16-17-15-20(25-31-17)24-23(28)21-22(27)18-12-9-10-13-19(18)32-26(21)2/h9-10,12-13,15,27H,3-8,11,14,16H2,1-2H3,(H,24,25,28). The molecule has 0 saturated heterocycles. The van der Waals surface area contributed by atoms with Gasteiger partial charge in [0.2, 0.25) is 0 Å². The molecular weight excluding hydrogens is 462 g/mol. The molecule has 1 aromatic heterocycles. The number of amides is 1. The molecular formula is C23H31N3O5S2. The number of carbonyl (C=O) groups excluding carboxylic acids is 1. The fourth-order valence-corrected chi connectivity index (χ4v) is 5.96. The molecule has 180 valence electrons. The number of fused-ring (bicyclic) bond motifs is 1. The zero-order valence-electron chi connectivity index (χ0n) is 19.0. The summed E-state index contributed by atoms with van der Waals surface area (Å²) in [5.41, 5.74) is 0.651. The minimum absolute atomic E-state index is 0.0785. The first-order chi connectivity index (χ1) is 15.8. The van der Waals surface area contributed by atoms with Gasteiger partial charge in [-0.3, -0.25) is 4.79 Å². The number of hydrogen-bond acceptors (Lipinski definition) is 8. The number of nitrogens with one attached hydrogen (secondary N) is 1. The summed E-state index contributed by atoms with van der Waals surface area (Å²) in [6, 6.07) is 8.64. The molecule has 0 aliphatic carbocycles. The lowest BCUT2D eigenvalue weighted by atomic mass is 10.1. The van der Waals surface area contributed by atoms with Crippen LogP contribution in [-0.4, -0.2) is 41.7 Å². The average Bonchev–Trinajstić information content (AvgIpc) is 3.18. The van der Waals surface area contributed by atoms with Crippen molar-refractivity contribution in [1.82, 2.24) is 9.46 Å². The van der Waals surface area contributed by atoms with Crippen LogP contribution in [0.15, 0.2) is 45.4 Å². The number of aliphatic hydroxyl groups is 1. The van der Waals surface area contributed by atoms with E-state index in [1.54, 1.807) is 23.5 Å². The summed E-state index contributed by atoms with van der Waals surface area (Å²) < 4.78 is 31.5. The number of rotatable bonds is 12. The van der Waals surface area contributed by atoms with Gasteiger partial charge in [0.05, 0.1) is 5.75 Å². The highest BCUT2D eigenvalue weighted by Crippen LogP contribution is 2.38. The maximum absolute atomic E-state index is 12.8. The van der Waals surface area contributed by atoms with Crippen molar-refractivity contribution in [1.29, 1.82) is 0 Å². The average molecular weight is 494 g/mol. The van der Waals surface area contributed by atoms with Gasteiger partial charge in [0, 0.05) is 23.6 Å². The van der Waals surface area contributed by atoms with Crippen LogP contribution in [0.5, 0.6) is 0 Å². The van der Waals surface area contributed by atoms with Crippen molar-refractivity contribution >= 4 is 39.3 Å². The maximum Gasteiger partial charge on any atom is 0.277 e. The Morgan fingerprint density at radius 2 is 1.85 bits per heavy atom. The number of aliphatic hydroxyl groups excluding tert-OH is 1. The molecule has 0 bridgehead atoms. The highest BCUT2D eigenvalue weighted by molar-refractivity contribution is 7.97. The molecule has 33 heavy (non-hydrogen) atoms. The van der Waals surface area contributed by atoms with Crippen LogP contribution in [0.25, 0.3) is 5.76 Å². The fraction of sp³-hybridized carbons (Fsp3) is 0.478. The molecule has 2 N–H and O–H groups in total. The van der Waals surface area contributed by atoms with Crippen molar-refractivity contribution in [2.24, 2.45) is 0 Å². The van der Waals surface area contributed by atoms with Crippen LogP contribution >= 0.6 is 11.9 Å². The van der Waals surface area contributed by atoms with Gasteiger partial charge in [-0.2, -0.15) is 0 Å². The van der Waals surface area contributed by atoms with Crippen LogP contribution in [-0.2, 0) is 20.4 Å². The van der Waals surface area contributed by atoms with Crippen LogP contribution in [0.1, 0.15) is 63.2 Å². The minimum atomic E-state index is -3.33. The van der Waals surface area contributed by atoms with E-state index in [0.717, 1.165) is 24.2 Å². The Morgan fingerprint density at radius 1 is 1.15 bits per heavy atom. The van der Waals surface area contributed by atoms with Crippen molar-refractivity contribution in [3.8, 4) is 0 Å². The van der Waals surface area contributed by atoms with Crippen LogP contribution in [0.3, 0.4) is 0 Å². The first-order valence-electron chi connectivity index (χ1n) is 11.2. The monoisotopic (exact) mass is 493 g/mol. The number of hydrogen-bond donors (Lipinski definition) is 2. The van der Waals surface area contributed by atoms with Crippen molar-refractivity contribution < 1.29 is 22.8 Å². The fourth-order valence-electron chi connectivity index (χ4n) is 3.65. The van der Waals surface area contributed by atoms with E-state index in [2.05, 4.69) is 17.4 Å². The summed E-state index contributed by atoms with van der Waals surface area (Å²) in [6.07, 6.45) is 7.33. The molecule has 1 aromatic carbocycles. The van der Waals surface area contributed by atoms with Gasteiger partial charge < -0.3 is 19.3 Å². The van der Waals surface area contributed by atoms with Crippen LogP contribution in [0.2, 0.25) is 0 Å². The predicted molar refractivity (Wildman–Crippen MR) is 130 cm³/mol. The molecule has 2 aromatic rings. The number of benzene rings is 1. The third-order valence-electron chi connectivity index (χ3n) is 5.35. The van der Waals surface area contributed by atoms with Gasteiger partial charge in [-0.1, -0.05) is 62.7 Å². The highest BCUT2D eigenvalue weighted by atomic mass is 32.2. The number of nitrogens with zero attached hydrogens (tertiary/aromatic N) is 2. The summed E-state index contributed by atoms with van der Waals surface area (Å²) in [6.45, 7) is 2.17. The summed E-state index contributed by atoms with van der Waals surface area (Å²) in [4.78, 5) is 13.6. The SMILES string of the molecule is CCCCCCCCCS(=O)(=O)Cc1cc(NC(=O)C2=C(O)c3ccccc3SN2C)no1. The molecule has 0 spiro atoms. The van der Waals surface area contributed by atoms with E-state index in [1.165, 1.54) is 37.3 Å². The third kappa shape index (κ3) is 7.01. The molecule has 0 unspecified atom stereocenters. The van der Waals surface area contributed by atoms with Crippen molar-refractivity contribution in [2.45, 2.75) is 62.5 Å². The lowest BCUT2D eigenvalue weighted by Gasteiger charge is -2.27. The molecule has 1 aliphatic heterocycles. The van der Waals surface area contributed by atoms with E-state index < -0.39 is 15.7 Å². The van der Waals surface area contributed by atoms with E-state index >= 15 is 0 Å². The second-order valence-electron chi connectivity index (χ2n) is 8.13. The van der Waals surface area contributed by atoms with E-state index in [0.29, 0.717) is 12.0 Å². The van der Waals surface area contributed by atoms with Gasteiger partial charge in [-0.25, -0.2) is 8.42 Å². The van der Waals surface area contributed by atoms with Gasteiger partial charge in [0.25, 0.3) is 5.91 Å². The molecule has 0 radical (unpaired) electrons. The number of likely N-dealkylation sites (N-methyl/N-ethyl adjacent to an activating group) is 1. The molecule has 1 amide bonds. The van der Waals surface area contributed by atoms with Crippen molar-refractivity contribution in [3.05, 3.63) is 47.4 Å². The van der Waals surface area contributed by atoms with Crippen LogP contribution < -0.4 is 5.32 Å². The van der Waals surface area contributed by atoms with E-state index in [1.807, 2.05) is 12.1 Å². The summed E-state index contributed by atoms with van der Waals surface area (Å²) >= 11 is 1.32. The van der Waals surface area contributed by atoms with Crippen LogP contribution in [0.4, 0.5) is 5.82 Å². The normalized spacial score (nSPS) is 13.8. The number of anilines is 1. The van der Waals surface area contributed by atoms with E-state index in [4.69, 9.17) is 4.52 Å². The smallest absolute Gasteiger partial charge is 0.277 e. The largest absolute Gasteiger partial charge is 0.505 e. The number of aromatic nitrogens is 1.